The van der Waals surface area contributed by atoms with Gasteiger partial charge in [0, 0.05) is 19.1 Å². The van der Waals surface area contributed by atoms with Gasteiger partial charge in [0.1, 0.15) is 0 Å². The normalized spacial score (nSPS) is 17.9. The van der Waals surface area contributed by atoms with Crippen LogP contribution in [0.2, 0.25) is 0 Å². The molecule has 0 radical (unpaired) electrons. The molecule has 5 heteroatoms. The van der Waals surface area contributed by atoms with Gasteiger partial charge in [0.25, 0.3) is 0 Å². The van der Waals surface area contributed by atoms with Gasteiger partial charge >= 0.3 is 7.60 Å². The van der Waals surface area contributed by atoms with Crippen LogP contribution in [0.4, 0.5) is 0 Å². The van der Waals surface area contributed by atoms with E-state index in [2.05, 4.69) is 43.0 Å². The van der Waals surface area contributed by atoms with Gasteiger partial charge in [0.15, 0.2) is 0 Å². The Morgan fingerprint density at radius 1 is 1.09 bits per heavy atom. The fourth-order valence-electron chi connectivity index (χ4n) is 3.29. The van der Waals surface area contributed by atoms with Crippen molar-refractivity contribution in [1.82, 2.24) is 4.90 Å². The SMILES string of the molecule is CCOP(=O)(C[C@H](C(C)CC)N1Cc2ccccc2C1)OCC. The van der Waals surface area contributed by atoms with E-state index in [-0.39, 0.29) is 6.04 Å². The minimum Gasteiger partial charge on any atom is -0.309 e. The number of fused-ring (bicyclic) bond motifs is 1. The summed E-state index contributed by atoms with van der Waals surface area (Å²) in [4.78, 5) is 2.43. The van der Waals surface area contributed by atoms with Crippen molar-refractivity contribution >= 4 is 7.60 Å². The Bertz CT molecular complexity index is 514. The Morgan fingerprint density at radius 3 is 2.04 bits per heavy atom. The van der Waals surface area contributed by atoms with E-state index in [1.807, 2.05) is 13.8 Å². The van der Waals surface area contributed by atoms with E-state index in [9.17, 15) is 4.57 Å². The molecule has 0 fully saturated rings. The van der Waals surface area contributed by atoms with Crippen molar-refractivity contribution < 1.29 is 13.6 Å². The van der Waals surface area contributed by atoms with Crippen molar-refractivity contribution in [3.8, 4) is 0 Å². The van der Waals surface area contributed by atoms with Crippen molar-refractivity contribution in [3.63, 3.8) is 0 Å². The molecule has 0 spiro atoms. The summed E-state index contributed by atoms with van der Waals surface area (Å²) in [5.74, 6) is 0.443. The lowest BCUT2D eigenvalue weighted by molar-refractivity contribution is 0.145. The second-order valence-corrected chi connectivity index (χ2v) is 8.36. The maximum atomic E-state index is 13.0. The summed E-state index contributed by atoms with van der Waals surface area (Å²) in [6.45, 7) is 10.8. The molecule has 1 aromatic rings. The third kappa shape index (κ3) is 4.67. The summed E-state index contributed by atoms with van der Waals surface area (Å²) >= 11 is 0. The van der Waals surface area contributed by atoms with Crippen LogP contribution in [-0.4, -0.2) is 30.3 Å². The van der Waals surface area contributed by atoms with Gasteiger partial charge in [-0.2, -0.15) is 0 Å². The fraction of sp³-hybridized carbons (Fsp3) is 0.667. The van der Waals surface area contributed by atoms with Crippen LogP contribution in [-0.2, 0) is 26.7 Å². The fourth-order valence-corrected chi connectivity index (χ4v) is 5.41. The molecule has 2 rings (SSSR count). The first kappa shape index (κ1) is 18.7. The minimum atomic E-state index is -3.03. The first-order valence-electron chi connectivity index (χ1n) is 8.71. The third-order valence-corrected chi connectivity index (χ3v) is 6.82. The quantitative estimate of drug-likeness (QED) is 0.612. The molecule has 0 amide bonds. The summed E-state index contributed by atoms with van der Waals surface area (Å²) < 4.78 is 24.1. The van der Waals surface area contributed by atoms with Crippen molar-refractivity contribution in [2.75, 3.05) is 19.4 Å². The lowest BCUT2D eigenvalue weighted by Crippen LogP contribution is -2.39. The van der Waals surface area contributed by atoms with Gasteiger partial charge in [0.05, 0.1) is 19.4 Å². The molecule has 1 aromatic carbocycles. The molecule has 1 unspecified atom stereocenters. The molecule has 0 bridgehead atoms. The van der Waals surface area contributed by atoms with E-state index in [1.165, 1.54) is 11.1 Å². The highest BCUT2D eigenvalue weighted by Gasteiger charge is 2.36. The van der Waals surface area contributed by atoms with E-state index >= 15 is 0 Å². The molecule has 0 N–H and O–H groups in total. The van der Waals surface area contributed by atoms with Gasteiger partial charge in [0.2, 0.25) is 0 Å². The largest absolute Gasteiger partial charge is 0.332 e. The minimum absolute atomic E-state index is 0.205. The maximum Gasteiger partial charge on any atom is 0.332 e. The Kier molecular flexibility index (Phi) is 6.84. The second-order valence-electron chi connectivity index (χ2n) is 6.26. The smallest absolute Gasteiger partial charge is 0.309 e. The van der Waals surface area contributed by atoms with Crippen LogP contribution in [0.25, 0.3) is 0 Å². The number of hydrogen-bond acceptors (Lipinski definition) is 4. The van der Waals surface area contributed by atoms with Crippen molar-refractivity contribution in [2.45, 2.75) is 53.2 Å². The highest BCUT2D eigenvalue weighted by atomic mass is 31.2. The third-order valence-electron chi connectivity index (χ3n) is 4.70. The van der Waals surface area contributed by atoms with Crippen LogP contribution >= 0.6 is 7.60 Å². The second kappa shape index (κ2) is 8.43. The first-order chi connectivity index (χ1) is 11.0. The van der Waals surface area contributed by atoms with Crippen LogP contribution in [0.3, 0.4) is 0 Å². The topological polar surface area (TPSA) is 38.8 Å². The number of hydrogen-bond donors (Lipinski definition) is 0. The molecule has 0 saturated heterocycles. The monoisotopic (exact) mass is 339 g/mol. The molecule has 1 aliphatic heterocycles. The molecular formula is C18H30NO3P. The standard InChI is InChI=1S/C18H30NO3P/c1-5-15(4)18(14-23(20,21-6-2)22-7-3)19-12-16-10-8-9-11-17(16)13-19/h8-11,15,18H,5-7,12-14H2,1-4H3/t15?,18-/m1/s1. The molecule has 0 aromatic heterocycles. The predicted octanol–water partition coefficient (Wildman–Crippen LogP) is 4.68. The first-order valence-corrected chi connectivity index (χ1v) is 10.4. The molecule has 0 saturated carbocycles. The average molecular weight is 339 g/mol. The summed E-state index contributed by atoms with van der Waals surface area (Å²) in [6.07, 6.45) is 1.52. The van der Waals surface area contributed by atoms with Crippen LogP contribution in [0, 0.1) is 5.92 Å². The molecule has 1 aliphatic rings. The Labute approximate surface area is 140 Å². The van der Waals surface area contributed by atoms with Crippen molar-refractivity contribution in [2.24, 2.45) is 5.92 Å². The van der Waals surface area contributed by atoms with Crippen LogP contribution in [0.5, 0.6) is 0 Å². The number of rotatable bonds is 9. The zero-order valence-electron chi connectivity index (χ0n) is 14.8. The van der Waals surface area contributed by atoms with Crippen molar-refractivity contribution in [3.05, 3.63) is 35.4 Å². The highest BCUT2D eigenvalue weighted by Crippen LogP contribution is 2.50. The van der Waals surface area contributed by atoms with Gasteiger partial charge in [-0.1, -0.05) is 44.5 Å². The van der Waals surface area contributed by atoms with Gasteiger partial charge in [-0.05, 0) is 30.9 Å². The maximum absolute atomic E-state index is 13.0. The molecule has 4 nitrogen and oxygen atoms in total. The Balaban J connectivity index is 2.17. The zero-order chi connectivity index (χ0) is 16.9. The summed E-state index contributed by atoms with van der Waals surface area (Å²) in [7, 11) is -3.03. The Hall–Kier alpha value is -0.670. The van der Waals surface area contributed by atoms with Gasteiger partial charge in [-0.3, -0.25) is 9.46 Å². The van der Waals surface area contributed by atoms with E-state index in [0.29, 0.717) is 25.3 Å². The summed E-state index contributed by atoms with van der Waals surface area (Å²) in [5, 5.41) is 0. The molecular weight excluding hydrogens is 309 g/mol. The van der Waals surface area contributed by atoms with Gasteiger partial charge in [-0.25, -0.2) is 0 Å². The molecule has 1 heterocycles. The van der Waals surface area contributed by atoms with Crippen LogP contribution in [0.15, 0.2) is 24.3 Å². The lowest BCUT2D eigenvalue weighted by Gasteiger charge is -2.34. The predicted molar refractivity (Wildman–Crippen MR) is 94.7 cm³/mol. The average Bonchev–Trinajstić information content (AvgIpc) is 2.96. The summed E-state index contributed by atoms with van der Waals surface area (Å²) in [5.41, 5.74) is 2.76. The molecule has 23 heavy (non-hydrogen) atoms. The van der Waals surface area contributed by atoms with Gasteiger partial charge in [-0.15, -0.1) is 0 Å². The van der Waals surface area contributed by atoms with Crippen LogP contribution < -0.4 is 0 Å². The van der Waals surface area contributed by atoms with E-state index < -0.39 is 7.60 Å². The highest BCUT2D eigenvalue weighted by molar-refractivity contribution is 7.53. The number of nitrogens with zero attached hydrogens (tertiary/aromatic N) is 1. The molecule has 130 valence electrons. The molecule has 0 aliphatic carbocycles. The molecule has 2 atom stereocenters. The summed E-state index contributed by atoms with van der Waals surface area (Å²) in [6, 6.07) is 8.76. The lowest BCUT2D eigenvalue weighted by atomic mass is 9.99. The van der Waals surface area contributed by atoms with Gasteiger partial charge < -0.3 is 9.05 Å². The van der Waals surface area contributed by atoms with Crippen molar-refractivity contribution in [1.29, 1.82) is 0 Å². The number of benzene rings is 1. The van der Waals surface area contributed by atoms with E-state index in [1.54, 1.807) is 0 Å². The van der Waals surface area contributed by atoms with E-state index in [4.69, 9.17) is 9.05 Å². The zero-order valence-corrected chi connectivity index (χ0v) is 15.7. The van der Waals surface area contributed by atoms with E-state index in [0.717, 1.165) is 19.5 Å². The Morgan fingerprint density at radius 2 is 1.61 bits per heavy atom. The van der Waals surface area contributed by atoms with Crippen LogP contribution in [0.1, 0.15) is 45.2 Å².